The van der Waals surface area contributed by atoms with Gasteiger partial charge >= 0.3 is 5.97 Å². The van der Waals surface area contributed by atoms with Gasteiger partial charge in [0.2, 0.25) is 5.91 Å². The van der Waals surface area contributed by atoms with E-state index in [1.54, 1.807) is 0 Å². The second kappa shape index (κ2) is 15.2. The second-order valence-corrected chi connectivity index (χ2v) is 4.97. The zero-order chi connectivity index (χ0) is 19.8. The number of carbonyl (C=O) groups is 2. The van der Waals surface area contributed by atoms with Gasteiger partial charge < -0.3 is 46.4 Å². The summed E-state index contributed by atoms with van der Waals surface area (Å²) in [5, 5.41) is 53.3. The van der Waals surface area contributed by atoms with Crippen LogP contribution in [0.25, 0.3) is 0 Å². The lowest BCUT2D eigenvalue weighted by Gasteiger charge is -2.27. The fraction of sp³-hybridized carbons (Fsp3) is 0.846. The van der Waals surface area contributed by atoms with Crippen molar-refractivity contribution in [1.29, 1.82) is 0 Å². The lowest BCUT2D eigenvalue weighted by molar-refractivity contribution is -0.138. The Morgan fingerprint density at radius 3 is 1.21 bits per heavy atom. The molecule has 0 saturated heterocycles. The van der Waals surface area contributed by atoms with Gasteiger partial charge in [-0.25, -0.2) is 0 Å². The Morgan fingerprint density at radius 1 is 0.875 bits per heavy atom. The number of methoxy groups -OCH3 is 1. The first-order valence-electron chi connectivity index (χ1n) is 6.83. The van der Waals surface area contributed by atoms with Crippen molar-refractivity contribution in [2.75, 3.05) is 46.8 Å². The van der Waals surface area contributed by atoms with Crippen LogP contribution in [0.5, 0.6) is 0 Å². The number of aliphatic hydroxyl groups is 6. The quantitative estimate of drug-likeness (QED) is 0.205. The summed E-state index contributed by atoms with van der Waals surface area (Å²) in [4.78, 5) is 20.1. The first-order chi connectivity index (χ1) is 11.1. The Labute approximate surface area is 140 Å². The molecule has 0 bridgehead atoms. The fourth-order valence-electron chi connectivity index (χ4n) is 0.792. The predicted molar refractivity (Wildman–Crippen MR) is 83.7 cm³/mol. The highest BCUT2D eigenvalue weighted by atomic mass is 16.5. The maximum absolute atomic E-state index is 10.5. The zero-order valence-electron chi connectivity index (χ0n) is 14.2. The predicted octanol–water partition coefficient (Wildman–Crippen LogP) is -4.32. The molecule has 0 unspecified atom stereocenters. The van der Waals surface area contributed by atoms with E-state index in [2.05, 4.69) is 10.1 Å². The van der Waals surface area contributed by atoms with Crippen molar-refractivity contribution in [2.24, 2.45) is 5.73 Å². The fourth-order valence-corrected chi connectivity index (χ4v) is 0.792. The number of aliphatic hydroxyl groups excluding tert-OH is 6. The van der Waals surface area contributed by atoms with Gasteiger partial charge in [-0.3, -0.25) is 9.59 Å². The highest BCUT2D eigenvalue weighted by Crippen LogP contribution is 2.00. The topological polar surface area (TPSA) is 203 Å². The first kappa shape index (κ1) is 27.5. The van der Waals surface area contributed by atoms with Crippen LogP contribution in [0.15, 0.2) is 0 Å². The van der Waals surface area contributed by atoms with E-state index in [0.717, 1.165) is 0 Å². The van der Waals surface area contributed by atoms with Crippen molar-refractivity contribution < 1.29 is 45.0 Å². The van der Waals surface area contributed by atoms with Crippen LogP contribution in [0.3, 0.4) is 0 Å². The zero-order valence-corrected chi connectivity index (χ0v) is 14.2. The second-order valence-electron chi connectivity index (χ2n) is 4.97. The van der Waals surface area contributed by atoms with Crippen molar-refractivity contribution in [3.05, 3.63) is 0 Å². The number of rotatable bonds is 7. The highest BCUT2D eigenvalue weighted by Gasteiger charge is 2.28. The number of hydrogen-bond acceptors (Lipinski definition) is 10. The van der Waals surface area contributed by atoms with Crippen molar-refractivity contribution >= 4 is 11.9 Å². The van der Waals surface area contributed by atoms with Crippen LogP contribution < -0.4 is 11.1 Å². The summed E-state index contributed by atoms with van der Waals surface area (Å²) in [7, 11) is 1.35. The van der Waals surface area contributed by atoms with Crippen LogP contribution in [0.1, 0.15) is 13.8 Å². The van der Waals surface area contributed by atoms with Gasteiger partial charge in [0.15, 0.2) is 0 Å². The molecule has 0 radical (unpaired) electrons. The average Bonchev–Trinajstić information content (AvgIpc) is 2.59. The molecule has 0 aromatic rings. The number of esters is 1. The molecule has 9 N–H and O–H groups in total. The third kappa shape index (κ3) is 14.3. The molecule has 0 saturated carbocycles. The first-order valence-corrected chi connectivity index (χ1v) is 6.83. The number of nitrogens with one attached hydrogen (secondary N) is 1. The summed E-state index contributed by atoms with van der Waals surface area (Å²) in [6.45, 7) is -0.0610. The van der Waals surface area contributed by atoms with Crippen molar-refractivity contribution in [3.63, 3.8) is 0 Å². The van der Waals surface area contributed by atoms with E-state index in [-0.39, 0.29) is 5.97 Å². The van der Waals surface area contributed by atoms with E-state index in [0.29, 0.717) is 0 Å². The Kier molecular flexibility index (Phi) is 17.4. The maximum Gasteiger partial charge on any atom is 0.302 e. The van der Waals surface area contributed by atoms with Gasteiger partial charge in [-0.1, -0.05) is 0 Å². The molecule has 0 aliphatic rings. The number of amides is 1. The van der Waals surface area contributed by atoms with Gasteiger partial charge in [0.05, 0.1) is 52.3 Å². The van der Waals surface area contributed by atoms with Crippen LogP contribution in [0.2, 0.25) is 0 Å². The van der Waals surface area contributed by atoms with E-state index in [1.807, 2.05) is 0 Å². The molecule has 11 heteroatoms. The largest absolute Gasteiger partial charge is 0.469 e. The van der Waals surface area contributed by atoms with Crippen LogP contribution in [0.4, 0.5) is 0 Å². The minimum Gasteiger partial charge on any atom is -0.469 e. The van der Waals surface area contributed by atoms with E-state index >= 15 is 0 Å². The molecule has 0 fully saturated rings. The third-order valence-electron chi connectivity index (χ3n) is 2.58. The minimum atomic E-state index is -1.29. The van der Waals surface area contributed by atoms with Crippen molar-refractivity contribution in [2.45, 2.75) is 24.9 Å². The summed E-state index contributed by atoms with van der Waals surface area (Å²) in [5.41, 5.74) is 2.65. The minimum absolute atomic E-state index is 0.245. The third-order valence-corrected chi connectivity index (χ3v) is 2.58. The normalized spacial score (nSPS) is 10.6. The molecule has 24 heavy (non-hydrogen) atoms. The van der Waals surface area contributed by atoms with E-state index in [1.165, 1.54) is 21.0 Å². The maximum atomic E-state index is 10.5. The van der Waals surface area contributed by atoms with Crippen LogP contribution in [0, 0.1) is 0 Å². The van der Waals surface area contributed by atoms with Gasteiger partial charge in [-0.15, -0.1) is 0 Å². The molecule has 11 nitrogen and oxygen atoms in total. The molecule has 0 aromatic heterocycles. The summed E-state index contributed by atoms with van der Waals surface area (Å²) >= 11 is 0. The average molecular weight is 358 g/mol. The van der Waals surface area contributed by atoms with Crippen molar-refractivity contribution in [3.8, 4) is 0 Å². The number of nitrogens with two attached hydrogens (primary N) is 1. The molecule has 0 aliphatic carbocycles. The molecular weight excluding hydrogens is 328 g/mol. The summed E-state index contributed by atoms with van der Waals surface area (Å²) in [5.74, 6) is -0.646. The Bertz CT molecular complexity index is 315. The molecule has 1 amide bonds. The molecule has 0 spiro atoms. The number of hydrogen-bond donors (Lipinski definition) is 8. The monoisotopic (exact) mass is 358 g/mol. The highest BCUT2D eigenvalue weighted by molar-refractivity contribution is 5.73. The molecule has 146 valence electrons. The Balaban J connectivity index is -0.000000298. The molecule has 0 rings (SSSR count). The van der Waals surface area contributed by atoms with Gasteiger partial charge in [0, 0.05) is 13.8 Å². The lowest BCUT2D eigenvalue weighted by Crippen LogP contribution is -2.56. The number of ether oxygens (including phenoxy) is 1. The lowest BCUT2D eigenvalue weighted by atomic mass is 10.0. The van der Waals surface area contributed by atoms with Gasteiger partial charge in [-0.2, -0.15) is 0 Å². The summed E-state index contributed by atoms with van der Waals surface area (Å²) in [6.07, 6.45) is 0. The standard InChI is InChI=1S/C6H13NO4.C4H11NO3.C3H6O2/c1-5(11)7-6(2-8,3-9)4-10;5-4(1-6,2-7)3-8;1-3(4)5-2/h8-10H,2-4H2,1H3,(H,7,11);6-8H,1-3,5H2;1-2H3. The van der Waals surface area contributed by atoms with E-state index in [4.69, 9.17) is 36.4 Å². The SMILES string of the molecule is CC(=O)NC(CO)(CO)CO.COC(C)=O.NC(CO)(CO)CO. The van der Waals surface area contributed by atoms with Gasteiger partial charge in [0.25, 0.3) is 0 Å². The smallest absolute Gasteiger partial charge is 0.302 e. The molecule has 0 aliphatic heterocycles. The molecule has 0 heterocycles. The molecular formula is C13H30N2O9. The van der Waals surface area contributed by atoms with Gasteiger partial charge in [0.1, 0.15) is 5.54 Å². The summed E-state index contributed by atoms with van der Waals surface area (Å²) in [6, 6.07) is 0. The Morgan fingerprint density at radius 2 is 1.17 bits per heavy atom. The van der Waals surface area contributed by atoms with Crippen molar-refractivity contribution in [1.82, 2.24) is 5.32 Å². The molecule has 0 aromatic carbocycles. The van der Waals surface area contributed by atoms with Crippen LogP contribution >= 0.6 is 0 Å². The van der Waals surface area contributed by atoms with Crippen LogP contribution in [-0.2, 0) is 14.3 Å². The molecule has 0 atom stereocenters. The van der Waals surface area contributed by atoms with E-state index < -0.39 is 56.6 Å². The Hall–Kier alpha value is -1.34. The van der Waals surface area contributed by atoms with Gasteiger partial charge in [-0.05, 0) is 0 Å². The van der Waals surface area contributed by atoms with Crippen LogP contribution in [-0.4, -0.2) is 100 Å². The van der Waals surface area contributed by atoms with E-state index in [9.17, 15) is 9.59 Å². The number of carbonyl (C=O) groups excluding carboxylic acids is 2. The summed E-state index contributed by atoms with van der Waals surface area (Å²) < 4.78 is 4.11.